The van der Waals surface area contributed by atoms with Gasteiger partial charge >= 0.3 is 0 Å². The van der Waals surface area contributed by atoms with Crippen LogP contribution in [0.4, 0.5) is 0 Å². The van der Waals surface area contributed by atoms with Crippen molar-refractivity contribution in [3.63, 3.8) is 0 Å². The van der Waals surface area contributed by atoms with E-state index in [1.807, 2.05) is 12.1 Å². The Kier molecular flexibility index (Phi) is 2.94. The molecule has 5 heteroatoms. The zero-order valence-corrected chi connectivity index (χ0v) is 12.0. The topological polar surface area (TPSA) is 83.8 Å². The zero-order chi connectivity index (χ0) is 15.1. The predicted octanol–water partition coefficient (Wildman–Crippen LogP) is 2.05. The number of fused-ring (bicyclic) bond motifs is 2. The second kappa shape index (κ2) is 4.96. The highest BCUT2D eigenvalue weighted by Gasteiger charge is 2.22. The molecule has 110 valence electrons. The summed E-state index contributed by atoms with van der Waals surface area (Å²) >= 11 is 0. The number of benzene rings is 2. The lowest BCUT2D eigenvalue weighted by molar-refractivity contribution is 0.100. The van der Waals surface area contributed by atoms with Crippen LogP contribution in [-0.4, -0.2) is 15.9 Å². The number of amides is 1. The van der Waals surface area contributed by atoms with E-state index in [0.717, 1.165) is 24.3 Å². The smallest absolute Gasteiger partial charge is 0.250 e. The van der Waals surface area contributed by atoms with E-state index in [2.05, 4.69) is 39.6 Å². The largest absolute Gasteiger partial charge is 0.366 e. The number of nitrogens with two attached hydrogens (primary N) is 1. The van der Waals surface area contributed by atoms with Gasteiger partial charge in [0.15, 0.2) is 0 Å². The number of carbonyl (C=O) groups excluding carboxylic acids is 1. The van der Waals surface area contributed by atoms with Crippen molar-refractivity contribution in [1.29, 1.82) is 0 Å². The predicted molar refractivity (Wildman–Crippen MR) is 84.3 cm³/mol. The van der Waals surface area contributed by atoms with Crippen molar-refractivity contribution in [2.75, 3.05) is 0 Å². The molecule has 0 saturated heterocycles. The summed E-state index contributed by atoms with van der Waals surface area (Å²) in [5.41, 5.74) is 10.0. The van der Waals surface area contributed by atoms with E-state index in [0.29, 0.717) is 11.1 Å². The Labute approximate surface area is 127 Å². The van der Waals surface area contributed by atoms with Crippen molar-refractivity contribution < 1.29 is 4.79 Å². The van der Waals surface area contributed by atoms with Gasteiger partial charge in [0.05, 0.1) is 17.1 Å². The number of hydrogen-bond donors (Lipinski definition) is 3. The van der Waals surface area contributed by atoms with Crippen LogP contribution in [0.3, 0.4) is 0 Å². The van der Waals surface area contributed by atoms with Gasteiger partial charge in [-0.15, -0.1) is 0 Å². The summed E-state index contributed by atoms with van der Waals surface area (Å²) in [6.45, 7) is 0.820. The SMILES string of the molecule is NC(=O)c1cccc2[nH]c(C3Cc4ccccc4CN3)nc12. The maximum atomic E-state index is 11.5. The van der Waals surface area contributed by atoms with E-state index < -0.39 is 5.91 Å². The Balaban J connectivity index is 1.74. The molecule has 0 bridgehead atoms. The summed E-state index contributed by atoms with van der Waals surface area (Å²) in [5.74, 6) is 0.392. The minimum absolute atomic E-state index is 0.114. The molecule has 1 atom stereocenters. The van der Waals surface area contributed by atoms with Gasteiger partial charge in [0.1, 0.15) is 11.3 Å². The molecule has 4 rings (SSSR count). The number of aromatic amines is 1. The molecule has 1 aliphatic rings. The summed E-state index contributed by atoms with van der Waals surface area (Å²) in [6.07, 6.45) is 0.877. The van der Waals surface area contributed by atoms with Crippen LogP contribution in [0.5, 0.6) is 0 Å². The van der Waals surface area contributed by atoms with Gasteiger partial charge < -0.3 is 16.0 Å². The fraction of sp³-hybridized carbons (Fsp3) is 0.176. The molecule has 1 unspecified atom stereocenters. The minimum atomic E-state index is -0.453. The third-order valence-electron chi connectivity index (χ3n) is 4.21. The molecule has 3 aromatic rings. The third-order valence-corrected chi connectivity index (χ3v) is 4.21. The van der Waals surface area contributed by atoms with E-state index in [9.17, 15) is 4.79 Å². The summed E-state index contributed by atoms with van der Waals surface area (Å²) in [5, 5.41) is 3.49. The van der Waals surface area contributed by atoms with Crippen LogP contribution in [0.1, 0.15) is 33.4 Å². The van der Waals surface area contributed by atoms with Crippen molar-refractivity contribution in [2.24, 2.45) is 5.73 Å². The number of imidazole rings is 1. The van der Waals surface area contributed by atoms with Crippen molar-refractivity contribution >= 4 is 16.9 Å². The molecule has 2 heterocycles. The first-order valence-corrected chi connectivity index (χ1v) is 7.31. The fourth-order valence-electron chi connectivity index (χ4n) is 3.06. The van der Waals surface area contributed by atoms with Crippen LogP contribution >= 0.6 is 0 Å². The summed E-state index contributed by atoms with van der Waals surface area (Å²) < 4.78 is 0. The van der Waals surface area contributed by atoms with E-state index in [1.54, 1.807) is 6.07 Å². The van der Waals surface area contributed by atoms with Crippen LogP contribution in [0.15, 0.2) is 42.5 Å². The number of aromatic nitrogens is 2. The third kappa shape index (κ3) is 2.07. The number of nitrogens with zero attached hydrogens (tertiary/aromatic N) is 1. The lowest BCUT2D eigenvalue weighted by Gasteiger charge is -2.24. The van der Waals surface area contributed by atoms with Crippen molar-refractivity contribution in [1.82, 2.24) is 15.3 Å². The highest BCUT2D eigenvalue weighted by Crippen LogP contribution is 2.26. The number of H-pyrrole nitrogens is 1. The molecule has 4 N–H and O–H groups in total. The Morgan fingerprint density at radius 3 is 2.77 bits per heavy atom. The number of carbonyl (C=O) groups is 1. The molecule has 1 aliphatic heterocycles. The summed E-state index contributed by atoms with van der Waals surface area (Å²) in [7, 11) is 0. The van der Waals surface area contributed by atoms with Gasteiger partial charge in [0, 0.05) is 6.54 Å². The number of para-hydroxylation sites is 1. The molecule has 0 saturated carbocycles. The van der Waals surface area contributed by atoms with Gasteiger partial charge in [-0.25, -0.2) is 4.98 Å². The quantitative estimate of drug-likeness (QED) is 0.676. The molecule has 2 aromatic carbocycles. The van der Waals surface area contributed by atoms with Gasteiger partial charge in [0.2, 0.25) is 0 Å². The van der Waals surface area contributed by atoms with Crippen LogP contribution in [0, 0.1) is 0 Å². The molecule has 1 aromatic heterocycles. The Hall–Kier alpha value is -2.66. The first-order valence-electron chi connectivity index (χ1n) is 7.31. The molecule has 1 amide bonds. The molecule has 0 radical (unpaired) electrons. The second-order valence-corrected chi connectivity index (χ2v) is 5.59. The summed E-state index contributed by atoms with van der Waals surface area (Å²) in [6, 6.07) is 14.0. The highest BCUT2D eigenvalue weighted by molar-refractivity contribution is 6.04. The average Bonchev–Trinajstić information content (AvgIpc) is 2.98. The van der Waals surface area contributed by atoms with E-state index >= 15 is 0 Å². The Morgan fingerprint density at radius 1 is 1.14 bits per heavy atom. The number of primary amides is 1. The maximum Gasteiger partial charge on any atom is 0.250 e. The second-order valence-electron chi connectivity index (χ2n) is 5.59. The van der Waals surface area contributed by atoms with Crippen molar-refractivity contribution in [3.05, 3.63) is 65.0 Å². The number of nitrogens with one attached hydrogen (secondary N) is 2. The van der Waals surface area contributed by atoms with Gasteiger partial charge in [-0.1, -0.05) is 30.3 Å². The van der Waals surface area contributed by atoms with Crippen LogP contribution in [0.25, 0.3) is 11.0 Å². The standard InChI is InChI=1S/C17H16N4O/c18-16(22)12-6-3-7-13-15(12)21-17(20-13)14-8-10-4-1-2-5-11(10)9-19-14/h1-7,14,19H,8-9H2,(H2,18,22)(H,20,21). The monoisotopic (exact) mass is 292 g/mol. The molecule has 0 spiro atoms. The zero-order valence-electron chi connectivity index (χ0n) is 12.0. The number of hydrogen-bond acceptors (Lipinski definition) is 3. The first-order chi connectivity index (χ1) is 10.7. The fourth-order valence-corrected chi connectivity index (χ4v) is 3.06. The molecule has 0 aliphatic carbocycles. The van der Waals surface area contributed by atoms with E-state index in [4.69, 9.17) is 5.73 Å². The van der Waals surface area contributed by atoms with Gasteiger partial charge in [-0.05, 0) is 29.7 Å². The first kappa shape index (κ1) is 13.0. The van der Waals surface area contributed by atoms with Gasteiger partial charge in [0.25, 0.3) is 5.91 Å². The molecular weight excluding hydrogens is 276 g/mol. The molecule has 0 fully saturated rings. The van der Waals surface area contributed by atoms with Crippen LogP contribution < -0.4 is 11.1 Å². The molecular formula is C17H16N4O. The maximum absolute atomic E-state index is 11.5. The highest BCUT2D eigenvalue weighted by atomic mass is 16.1. The van der Waals surface area contributed by atoms with Crippen LogP contribution in [0.2, 0.25) is 0 Å². The normalized spacial score (nSPS) is 17.4. The molecule has 5 nitrogen and oxygen atoms in total. The lowest BCUT2D eigenvalue weighted by atomic mass is 9.96. The van der Waals surface area contributed by atoms with Crippen LogP contribution in [-0.2, 0) is 13.0 Å². The Bertz CT molecular complexity index is 868. The van der Waals surface area contributed by atoms with E-state index in [1.165, 1.54) is 11.1 Å². The minimum Gasteiger partial charge on any atom is -0.366 e. The average molecular weight is 292 g/mol. The van der Waals surface area contributed by atoms with Gasteiger partial charge in [-0.2, -0.15) is 0 Å². The Morgan fingerprint density at radius 2 is 1.95 bits per heavy atom. The van der Waals surface area contributed by atoms with Crippen molar-refractivity contribution in [2.45, 2.75) is 19.0 Å². The van der Waals surface area contributed by atoms with Crippen molar-refractivity contribution in [3.8, 4) is 0 Å². The lowest BCUT2D eigenvalue weighted by Crippen LogP contribution is -2.29. The summed E-state index contributed by atoms with van der Waals surface area (Å²) in [4.78, 5) is 19.4. The van der Waals surface area contributed by atoms with Gasteiger partial charge in [-0.3, -0.25) is 4.79 Å². The molecule has 22 heavy (non-hydrogen) atoms. The van der Waals surface area contributed by atoms with E-state index in [-0.39, 0.29) is 6.04 Å². The number of rotatable bonds is 2.